The van der Waals surface area contributed by atoms with Crippen LogP contribution >= 0.6 is 11.6 Å². The molecule has 0 unspecified atom stereocenters. The second-order valence-electron chi connectivity index (χ2n) is 5.02. The van der Waals surface area contributed by atoms with Crippen LogP contribution in [0.15, 0.2) is 18.2 Å². The summed E-state index contributed by atoms with van der Waals surface area (Å²) in [6, 6.07) is 5.46. The van der Waals surface area contributed by atoms with Crippen LogP contribution in [0.25, 0.3) is 0 Å². The van der Waals surface area contributed by atoms with Crippen LogP contribution < -0.4 is 5.32 Å². The minimum absolute atomic E-state index is 0.0806. The third-order valence-electron chi connectivity index (χ3n) is 3.50. The molecule has 1 N–H and O–H groups in total. The molecule has 1 fully saturated rings. The first-order chi connectivity index (χ1) is 9.17. The number of ether oxygens (including phenoxy) is 2. The number of benzene rings is 1. The highest BCUT2D eigenvalue weighted by Crippen LogP contribution is 2.34. The maximum Gasteiger partial charge on any atom is 0.229 e. The largest absolute Gasteiger partial charge is 0.349 e. The van der Waals surface area contributed by atoms with Crippen LogP contribution in [0, 0.1) is 0 Å². The van der Waals surface area contributed by atoms with Crippen molar-refractivity contribution in [3.8, 4) is 0 Å². The van der Waals surface area contributed by atoms with Crippen LogP contribution in [-0.2, 0) is 20.7 Å². The van der Waals surface area contributed by atoms with Crippen molar-refractivity contribution >= 4 is 23.2 Å². The first-order valence-corrected chi connectivity index (χ1v) is 6.91. The molecule has 1 amide bonds. The summed E-state index contributed by atoms with van der Waals surface area (Å²) in [7, 11) is 0. The number of hydrogen-bond donors (Lipinski definition) is 1. The molecular formula is C14H16ClNO3. The first kappa shape index (κ1) is 12.9. The van der Waals surface area contributed by atoms with E-state index in [0.717, 1.165) is 24.1 Å². The Morgan fingerprint density at radius 1 is 1.16 bits per heavy atom. The molecule has 4 nitrogen and oxygen atoms in total. The zero-order chi connectivity index (χ0) is 13.3. The van der Waals surface area contributed by atoms with Crippen molar-refractivity contribution in [2.24, 2.45) is 0 Å². The van der Waals surface area contributed by atoms with E-state index < -0.39 is 5.79 Å². The molecule has 0 atom stereocenters. The molecule has 0 bridgehead atoms. The van der Waals surface area contributed by atoms with Crippen LogP contribution in [0.2, 0.25) is 5.02 Å². The number of fused-ring (bicyclic) bond motifs is 1. The van der Waals surface area contributed by atoms with Crippen LogP contribution in [0.4, 0.5) is 5.69 Å². The third-order valence-corrected chi connectivity index (χ3v) is 3.74. The lowest BCUT2D eigenvalue weighted by Crippen LogP contribution is -2.39. The standard InChI is InChI=1S/C14H16ClNO3/c15-11-3-4-12-10(7-11)8-14(9-13(17)16-12)18-5-1-2-6-19-14/h3-4,7H,1-2,5-6,8-9H2,(H,16,17). The monoisotopic (exact) mass is 281 g/mol. The van der Waals surface area contributed by atoms with Gasteiger partial charge in [-0.25, -0.2) is 0 Å². The predicted octanol–water partition coefficient (Wildman–Crippen LogP) is 2.75. The fourth-order valence-electron chi connectivity index (χ4n) is 2.59. The van der Waals surface area contributed by atoms with Gasteiger partial charge in [0.05, 0.1) is 19.6 Å². The summed E-state index contributed by atoms with van der Waals surface area (Å²) < 4.78 is 11.7. The number of rotatable bonds is 0. The number of hydrogen-bond acceptors (Lipinski definition) is 3. The van der Waals surface area contributed by atoms with Gasteiger partial charge in [-0.1, -0.05) is 11.6 Å². The molecule has 1 spiro atoms. The Morgan fingerprint density at radius 2 is 1.89 bits per heavy atom. The smallest absolute Gasteiger partial charge is 0.229 e. The Labute approximate surface area is 117 Å². The van der Waals surface area contributed by atoms with Gasteiger partial charge in [-0.15, -0.1) is 0 Å². The Balaban J connectivity index is 1.97. The maximum absolute atomic E-state index is 12.0. The van der Waals surface area contributed by atoms with Crippen LogP contribution in [0.3, 0.4) is 0 Å². The number of carbonyl (C=O) groups excluding carboxylic acids is 1. The Bertz CT molecular complexity index is 495. The number of nitrogens with one attached hydrogen (secondary N) is 1. The lowest BCUT2D eigenvalue weighted by atomic mass is 10.0. The Hall–Kier alpha value is -1.10. The fraction of sp³-hybridized carbons (Fsp3) is 0.500. The second kappa shape index (κ2) is 5.12. The molecule has 0 radical (unpaired) electrons. The molecule has 19 heavy (non-hydrogen) atoms. The highest BCUT2D eigenvalue weighted by molar-refractivity contribution is 6.30. The second-order valence-corrected chi connectivity index (χ2v) is 5.45. The number of anilines is 1. The molecule has 0 aliphatic carbocycles. The zero-order valence-electron chi connectivity index (χ0n) is 10.6. The quantitative estimate of drug-likeness (QED) is 0.795. The van der Waals surface area contributed by atoms with Gasteiger partial charge < -0.3 is 14.8 Å². The first-order valence-electron chi connectivity index (χ1n) is 6.53. The van der Waals surface area contributed by atoms with Gasteiger partial charge in [-0.3, -0.25) is 4.79 Å². The van der Waals surface area contributed by atoms with Gasteiger partial charge in [0.1, 0.15) is 0 Å². The summed E-state index contributed by atoms with van der Waals surface area (Å²) in [5.74, 6) is -0.917. The molecule has 2 aliphatic heterocycles. The average Bonchev–Trinajstić information content (AvgIpc) is 2.65. The minimum Gasteiger partial charge on any atom is -0.349 e. The molecule has 3 rings (SSSR count). The molecule has 2 aliphatic rings. The van der Waals surface area contributed by atoms with Crippen LogP contribution in [0.5, 0.6) is 0 Å². The summed E-state index contributed by atoms with van der Waals surface area (Å²) in [6.07, 6.45) is 2.69. The molecule has 102 valence electrons. The molecule has 0 aromatic heterocycles. The van der Waals surface area contributed by atoms with Crippen LogP contribution in [-0.4, -0.2) is 24.9 Å². The third kappa shape index (κ3) is 2.76. The van der Waals surface area contributed by atoms with E-state index in [1.807, 2.05) is 12.1 Å². The summed E-state index contributed by atoms with van der Waals surface area (Å²) in [5.41, 5.74) is 1.75. The van der Waals surface area contributed by atoms with Crippen molar-refractivity contribution in [2.75, 3.05) is 18.5 Å². The van der Waals surface area contributed by atoms with Crippen molar-refractivity contribution in [1.82, 2.24) is 0 Å². The summed E-state index contributed by atoms with van der Waals surface area (Å²) in [6.45, 7) is 1.26. The van der Waals surface area contributed by atoms with Gasteiger partial charge >= 0.3 is 0 Å². The molecule has 1 aromatic carbocycles. The van der Waals surface area contributed by atoms with Gasteiger partial charge in [0.15, 0.2) is 5.79 Å². The Kier molecular flexibility index (Phi) is 3.48. The SMILES string of the molecule is O=C1CC2(Cc3cc(Cl)ccc3N1)OCCCCO2. The van der Waals surface area contributed by atoms with Crippen molar-refractivity contribution in [2.45, 2.75) is 31.5 Å². The van der Waals surface area contributed by atoms with Gasteiger partial charge in [-0.2, -0.15) is 0 Å². The zero-order valence-corrected chi connectivity index (χ0v) is 11.3. The summed E-state index contributed by atoms with van der Waals surface area (Å²) >= 11 is 6.03. The van der Waals surface area contributed by atoms with E-state index in [9.17, 15) is 4.79 Å². The molecule has 5 heteroatoms. The van der Waals surface area contributed by atoms with Gasteiger partial charge in [0.25, 0.3) is 0 Å². The van der Waals surface area contributed by atoms with Crippen molar-refractivity contribution in [1.29, 1.82) is 0 Å². The average molecular weight is 282 g/mol. The van der Waals surface area contributed by atoms with E-state index in [1.165, 1.54) is 0 Å². The molecular weight excluding hydrogens is 266 g/mol. The molecule has 1 saturated heterocycles. The van der Waals surface area contributed by atoms with Crippen molar-refractivity contribution in [3.05, 3.63) is 28.8 Å². The van der Waals surface area contributed by atoms with Gasteiger partial charge in [0.2, 0.25) is 5.91 Å². The molecule has 1 aromatic rings. The molecule has 0 saturated carbocycles. The van der Waals surface area contributed by atoms with Crippen LogP contribution in [0.1, 0.15) is 24.8 Å². The highest BCUT2D eigenvalue weighted by Gasteiger charge is 2.39. The minimum atomic E-state index is -0.837. The van der Waals surface area contributed by atoms with Gasteiger partial charge in [0, 0.05) is 17.1 Å². The van der Waals surface area contributed by atoms with Gasteiger partial charge in [-0.05, 0) is 36.6 Å². The normalized spacial score (nSPS) is 22.3. The maximum atomic E-state index is 12.0. The predicted molar refractivity (Wildman–Crippen MR) is 72.3 cm³/mol. The highest BCUT2D eigenvalue weighted by atomic mass is 35.5. The number of amides is 1. The van der Waals surface area contributed by atoms with E-state index in [0.29, 0.717) is 24.7 Å². The van der Waals surface area contributed by atoms with E-state index >= 15 is 0 Å². The summed E-state index contributed by atoms with van der Waals surface area (Å²) in [4.78, 5) is 12.0. The van der Waals surface area contributed by atoms with E-state index in [4.69, 9.17) is 21.1 Å². The van der Waals surface area contributed by atoms with Crippen molar-refractivity contribution < 1.29 is 14.3 Å². The topological polar surface area (TPSA) is 47.6 Å². The van der Waals surface area contributed by atoms with E-state index in [2.05, 4.69) is 5.32 Å². The summed E-state index contributed by atoms with van der Waals surface area (Å²) in [5, 5.41) is 3.54. The lowest BCUT2D eigenvalue weighted by molar-refractivity contribution is -0.225. The van der Waals surface area contributed by atoms with E-state index in [-0.39, 0.29) is 12.3 Å². The lowest BCUT2D eigenvalue weighted by Gasteiger charge is -2.30. The molecule has 2 heterocycles. The Morgan fingerprint density at radius 3 is 2.63 bits per heavy atom. The fourth-order valence-corrected chi connectivity index (χ4v) is 2.78. The van der Waals surface area contributed by atoms with Crippen molar-refractivity contribution in [3.63, 3.8) is 0 Å². The number of carbonyl (C=O) groups is 1. The van der Waals surface area contributed by atoms with E-state index in [1.54, 1.807) is 6.07 Å². The number of halogens is 1.